The lowest BCUT2D eigenvalue weighted by Gasteiger charge is -2.07. The van der Waals surface area contributed by atoms with E-state index in [0.29, 0.717) is 0 Å². The Bertz CT molecular complexity index is 192. The average Bonchev–Trinajstić information content (AvgIpc) is 1.94. The van der Waals surface area contributed by atoms with E-state index in [1.165, 1.54) is 24.0 Å². The molecule has 0 fully saturated rings. The Morgan fingerprint density at radius 2 is 2.00 bits per heavy atom. The lowest BCUT2D eigenvalue weighted by atomic mass is 9.99. The topological polar surface area (TPSA) is 0 Å². The molecule has 54 valence electrons. The fourth-order valence-corrected chi connectivity index (χ4v) is 1.20. The second-order valence-electron chi connectivity index (χ2n) is 2.62. The van der Waals surface area contributed by atoms with Crippen LogP contribution in [0.5, 0.6) is 0 Å². The molecule has 0 heterocycles. The largest absolute Gasteiger partial charge is 0.0871 e. The first kappa shape index (κ1) is 7.33. The van der Waals surface area contributed by atoms with Gasteiger partial charge in [0.2, 0.25) is 0 Å². The molecule has 0 nitrogen and oxygen atoms in total. The van der Waals surface area contributed by atoms with Crippen LogP contribution in [0.15, 0.2) is 35.5 Å². The normalized spacial score (nSPS) is 19.0. The molecule has 0 amide bonds. The number of hydrogen-bond acceptors (Lipinski definition) is 0. The third kappa shape index (κ3) is 1.60. The van der Waals surface area contributed by atoms with Crippen molar-refractivity contribution < 1.29 is 0 Å². The maximum Gasteiger partial charge on any atom is -0.0274 e. The van der Waals surface area contributed by atoms with Crippen LogP contribution < -0.4 is 0 Å². The van der Waals surface area contributed by atoms with E-state index in [-0.39, 0.29) is 0 Å². The third-order valence-electron chi connectivity index (χ3n) is 1.78. The molecule has 0 bridgehead atoms. The van der Waals surface area contributed by atoms with Crippen molar-refractivity contribution in [1.82, 2.24) is 0 Å². The summed E-state index contributed by atoms with van der Waals surface area (Å²) in [7, 11) is 0. The zero-order valence-corrected chi connectivity index (χ0v) is 6.72. The summed E-state index contributed by atoms with van der Waals surface area (Å²) in [5.74, 6) is 0. The summed E-state index contributed by atoms with van der Waals surface area (Å²) in [6.45, 7) is 4.23. The van der Waals surface area contributed by atoms with Crippen LogP contribution in [0.3, 0.4) is 0 Å². The van der Waals surface area contributed by atoms with Crippen molar-refractivity contribution in [3.8, 4) is 0 Å². The van der Waals surface area contributed by atoms with Gasteiger partial charge in [-0.2, -0.15) is 0 Å². The highest BCUT2D eigenvalue weighted by atomic mass is 14.0. The van der Waals surface area contributed by atoms with Crippen LogP contribution in [0.1, 0.15) is 26.7 Å². The lowest BCUT2D eigenvalue weighted by molar-refractivity contribution is 1.00. The van der Waals surface area contributed by atoms with Gasteiger partial charge in [-0.05, 0) is 37.8 Å². The van der Waals surface area contributed by atoms with Gasteiger partial charge < -0.3 is 0 Å². The van der Waals surface area contributed by atoms with E-state index >= 15 is 0 Å². The van der Waals surface area contributed by atoms with Crippen LogP contribution >= 0.6 is 0 Å². The van der Waals surface area contributed by atoms with Crippen LogP contribution in [-0.2, 0) is 0 Å². The summed E-state index contributed by atoms with van der Waals surface area (Å²) in [5, 5.41) is 0. The van der Waals surface area contributed by atoms with Crippen LogP contribution in [0, 0.1) is 0 Å². The first-order valence-electron chi connectivity index (χ1n) is 3.84. The molecule has 0 radical (unpaired) electrons. The monoisotopic (exact) mass is 134 g/mol. The Morgan fingerprint density at radius 3 is 2.60 bits per heavy atom. The van der Waals surface area contributed by atoms with E-state index in [4.69, 9.17) is 0 Å². The van der Waals surface area contributed by atoms with Gasteiger partial charge in [0.1, 0.15) is 0 Å². The minimum absolute atomic E-state index is 1.21. The summed E-state index contributed by atoms with van der Waals surface area (Å²) in [6.07, 6.45) is 11.3. The SMILES string of the molecule is C/C=C\C1=CCCC=C1C. The number of hydrogen-bond donors (Lipinski definition) is 0. The Balaban J connectivity index is 2.74. The molecule has 0 spiro atoms. The van der Waals surface area contributed by atoms with Crippen molar-refractivity contribution in [2.75, 3.05) is 0 Å². The van der Waals surface area contributed by atoms with E-state index in [1.54, 1.807) is 0 Å². The average molecular weight is 134 g/mol. The van der Waals surface area contributed by atoms with Gasteiger partial charge in [0.05, 0.1) is 0 Å². The molecule has 1 aliphatic carbocycles. The fourth-order valence-electron chi connectivity index (χ4n) is 1.20. The van der Waals surface area contributed by atoms with Crippen LogP contribution in [0.2, 0.25) is 0 Å². The molecule has 10 heavy (non-hydrogen) atoms. The minimum Gasteiger partial charge on any atom is -0.0871 e. The third-order valence-corrected chi connectivity index (χ3v) is 1.78. The maximum absolute atomic E-state index is 2.30. The fraction of sp³-hybridized carbons (Fsp3) is 0.400. The molecule has 0 saturated heterocycles. The van der Waals surface area contributed by atoms with Crippen molar-refractivity contribution in [3.05, 3.63) is 35.5 Å². The predicted octanol–water partition coefficient (Wildman–Crippen LogP) is 3.23. The quantitative estimate of drug-likeness (QED) is 0.516. The Hall–Kier alpha value is -0.780. The molecule has 0 heteroatoms. The Morgan fingerprint density at radius 1 is 1.30 bits per heavy atom. The van der Waals surface area contributed by atoms with Crippen molar-refractivity contribution in [1.29, 1.82) is 0 Å². The van der Waals surface area contributed by atoms with Crippen LogP contribution in [-0.4, -0.2) is 0 Å². The van der Waals surface area contributed by atoms with Gasteiger partial charge in [-0.15, -0.1) is 0 Å². The number of allylic oxidation sites excluding steroid dienone is 6. The van der Waals surface area contributed by atoms with Gasteiger partial charge in [-0.1, -0.05) is 24.3 Å². The summed E-state index contributed by atoms with van der Waals surface area (Å²) in [5.41, 5.74) is 2.82. The van der Waals surface area contributed by atoms with E-state index in [9.17, 15) is 0 Å². The molecule has 0 saturated carbocycles. The number of rotatable bonds is 1. The summed E-state index contributed by atoms with van der Waals surface area (Å²) in [6, 6.07) is 0. The van der Waals surface area contributed by atoms with Gasteiger partial charge in [0.25, 0.3) is 0 Å². The zero-order chi connectivity index (χ0) is 7.40. The smallest absolute Gasteiger partial charge is 0.0274 e. The molecule has 0 N–H and O–H groups in total. The van der Waals surface area contributed by atoms with E-state index in [2.05, 4.69) is 38.2 Å². The molecular formula is C10H14. The maximum atomic E-state index is 2.30. The van der Waals surface area contributed by atoms with Gasteiger partial charge in [0, 0.05) is 0 Å². The second-order valence-corrected chi connectivity index (χ2v) is 2.62. The van der Waals surface area contributed by atoms with E-state index < -0.39 is 0 Å². The van der Waals surface area contributed by atoms with Gasteiger partial charge in [-0.3, -0.25) is 0 Å². The van der Waals surface area contributed by atoms with E-state index in [0.717, 1.165) is 0 Å². The van der Waals surface area contributed by atoms with Gasteiger partial charge in [-0.25, -0.2) is 0 Å². The molecule has 0 aromatic heterocycles. The van der Waals surface area contributed by atoms with Crippen LogP contribution in [0.4, 0.5) is 0 Å². The summed E-state index contributed by atoms with van der Waals surface area (Å²) >= 11 is 0. The second kappa shape index (κ2) is 3.40. The van der Waals surface area contributed by atoms with Crippen LogP contribution in [0.25, 0.3) is 0 Å². The van der Waals surface area contributed by atoms with Crippen molar-refractivity contribution >= 4 is 0 Å². The standard InChI is InChI=1S/C10H14/c1-3-6-10-8-5-4-7-9(10)2/h3,6-8H,4-5H2,1-2H3/b6-3-. The molecule has 0 aliphatic heterocycles. The predicted molar refractivity (Wildman–Crippen MR) is 45.9 cm³/mol. The molecular weight excluding hydrogens is 120 g/mol. The van der Waals surface area contributed by atoms with Gasteiger partial charge >= 0.3 is 0 Å². The summed E-state index contributed by atoms with van der Waals surface area (Å²) in [4.78, 5) is 0. The van der Waals surface area contributed by atoms with Gasteiger partial charge in [0.15, 0.2) is 0 Å². The molecule has 1 rings (SSSR count). The highest BCUT2D eigenvalue weighted by molar-refractivity contribution is 5.39. The van der Waals surface area contributed by atoms with Crippen molar-refractivity contribution in [3.63, 3.8) is 0 Å². The highest BCUT2D eigenvalue weighted by Gasteiger charge is 1.98. The molecule has 1 aliphatic rings. The van der Waals surface area contributed by atoms with E-state index in [1.807, 2.05) is 0 Å². The van der Waals surface area contributed by atoms with Crippen molar-refractivity contribution in [2.24, 2.45) is 0 Å². The molecule has 0 atom stereocenters. The zero-order valence-electron chi connectivity index (χ0n) is 6.72. The minimum atomic E-state index is 1.21. The van der Waals surface area contributed by atoms with Crippen molar-refractivity contribution in [2.45, 2.75) is 26.7 Å². The molecule has 0 aromatic carbocycles. The Kier molecular flexibility index (Phi) is 2.49. The lowest BCUT2D eigenvalue weighted by Crippen LogP contribution is -1.87. The molecule has 0 unspecified atom stereocenters. The highest BCUT2D eigenvalue weighted by Crippen LogP contribution is 2.18. The summed E-state index contributed by atoms with van der Waals surface area (Å²) < 4.78 is 0. The molecule has 0 aromatic rings. The first-order valence-corrected chi connectivity index (χ1v) is 3.84. The Labute approximate surface area is 62.9 Å². The first-order chi connectivity index (χ1) is 4.84.